The van der Waals surface area contributed by atoms with Crippen LogP contribution in [-0.4, -0.2) is 17.3 Å². The van der Waals surface area contributed by atoms with Gasteiger partial charge in [0.2, 0.25) is 0 Å². The first-order valence-electron chi connectivity index (χ1n) is 7.29. The van der Waals surface area contributed by atoms with Crippen LogP contribution in [0, 0.1) is 23.0 Å². The van der Waals surface area contributed by atoms with Gasteiger partial charge in [0.15, 0.2) is 11.6 Å². The molecule has 0 amide bonds. The number of benzene rings is 1. The predicted molar refractivity (Wildman–Crippen MR) is 81.1 cm³/mol. The summed E-state index contributed by atoms with van der Waals surface area (Å²) in [6, 6.07) is 6.86. The van der Waals surface area contributed by atoms with E-state index in [1.54, 1.807) is 6.07 Å². The third-order valence-electron chi connectivity index (χ3n) is 3.58. The molecule has 1 aromatic rings. The van der Waals surface area contributed by atoms with E-state index >= 15 is 0 Å². The van der Waals surface area contributed by atoms with Crippen LogP contribution in [0.15, 0.2) is 23.1 Å². The van der Waals surface area contributed by atoms with Gasteiger partial charge in [-0.3, -0.25) is 5.32 Å². The van der Waals surface area contributed by atoms with Crippen molar-refractivity contribution in [1.82, 2.24) is 5.32 Å². The second kappa shape index (κ2) is 7.24. The third kappa shape index (κ3) is 5.29. The molecule has 0 bridgehead atoms. The van der Waals surface area contributed by atoms with Gasteiger partial charge in [-0.15, -0.1) is 11.8 Å². The van der Waals surface area contributed by atoms with Crippen LogP contribution in [0.25, 0.3) is 0 Å². The van der Waals surface area contributed by atoms with Gasteiger partial charge in [0.05, 0.1) is 6.07 Å². The highest BCUT2D eigenvalue weighted by atomic mass is 32.2. The first-order valence-corrected chi connectivity index (χ1v) is 8.28. The standard InChI is InChI=1S/C16H20F2N2S/c1-16(11-19,20-12-4-5-12)8-2-3-9-21-13-6-7-14(17)15(18)10-13/h6-7,10,12,20H,2-5,8-9H2,1H3. The van der Waals surface area contributed by atoms with Crippen molar-refractivity contribution in [2.24, 2.45) is 0 Å². The van der Waals surface area contributed by atoms with Crippen molar-refractivity contribution in [2.75, 3.05) is 5.75 Å². The van der Waals surface area contributed by atoms with Crippen LogP contribution in [0.2, 0.25) is 0 Å². The molecule has 0 aliphatic heterocycles. The summed E-state index contributed by atoms with van der Waals surface area (Å²) in [7, 11) is 0. The summed E-state index contributed by atoms with van der Waals surface area (Å²) in [6.07, 6.45) is 5.05. The monoisotopic (exact) mass is 310 g/mol. The Kier molecular flexibility index (Phi) is 5.60. The maximum Gasteiger partial charge on any atom is 0.159 e. The average molecular weight is 310 g/mol. The summed E-state index contributed by atoms with van der Waals surface area (Å²) < 4.78 is 25.9. The van der Waals surface area contributed by atoms with Crippen molar-refractivity contribution in [3.8, 4) is 6.07 Å². The molecular weight excluding hydrogens is 290 g/mol. The normalized spacial score (nSPS) is 17.2. The molecule has 5 heteroatoms. The molecular formula is C16H20F2N2S. The zero-order valence-electron chi connectivity index (χ0n) is 12.2. The lowest BCUT2D eigenvalue weighted by molar-refractivity contribution is 0.402. The Morgan fingerprint density at radius 2 is 2.10 bits per heavy atom. The van der Waals surface area contributed by atoms with E-state index in [0.29, 0.717) is 6.04 Å². The molecule has 1 aromatic carbocycles. The quantitative estimate of drug-likeness (QED) is 0.575. The Hall–Kier alpha value is -1.12. The minimum absolute atomic E-state index is 0.437. The van der Waals surface area contributed by atoms with Crippen molar-refractivity contribution in [3.63, 3.8) is 0 Å². The van der Waals surface area contributed by atoms with Crippen LogP contribution < -0.4 is 5.32 Å². The summed E-state index contributed by atoms with van der Waals surface area (Å²) in [4.78, 5) is 0.744. The van der Waals surface area contributed by atoms with Crippen molar-refractivity contribution in [2.45, 2.75) is 55.5 Å². The summed E-state index contributed by atoms with van der Waals surface area (Å²) in [6.45, 7) is 1.95. The van der Waals surface area contributed by atoms with Gasteiger partial charge in [-0.1, -0.05) is 0 Å². The summed E-state index contributed by atoms with van der Waals surface area (Å²) >= 11 is 1.52. The lowest BCUT2D eigenvalue weighted by atomic mass is 9.96. The Balaban J connectivity index is 1.67. The molecule has 21 heavy (non-hydrogen) atoms. The average Bonchev–Trinajstić information content (AvgIpc) is 3.26. The largest absolute Gasteiger partial charge is 0.297 e. The number of rotatable bonds is 8. The molecule has 1 saturated carbocycles. The number of hydrogen-bond acceptors (Lipinski definition) is 3. The first-order chi connectivity index (χ1) is 10.0. The van der Waals surface area contributed by atoms with Gasteiger partial charge >= 0.3 is 0 Å². The van der Waals surface area contributed by atoms with Gasteiger partial charge < -0.3 is 0 Å². The van der Waals surface area contributed by atoms with Crippen molar-refractivity contribution >= 4 is 11.8 Å². The van der Waals surface area contributed by atoms with E-state index in [1.165, 1.54) is 30.7 Å². The second-order valence-corrected chi connectivity index (χ2v) is 6.91. The second-order valence-electron chi connectivity index (χ2n) is 5.74. The van der Waals surface area contributed by atoms with Gasteiger partial charge in [-0.2, -0.15) is 5.26 Å². The fraction of sp³-hybridized carbons (Fsp3) is 0.562. The lowest BCUT2D eigenvalue weighted by Crippen LogP contribution is -2.42. The van der Waals surface area contributed by atoms with E-state index < -0.39 is 17.2 Å². The molecule has 1 atom stereocenters. The van der Waals surface area contributed by atoms with Gasteiger partial charge in [0, 0.05) is 10.9 Å². The van der Waals surface area contributed by atoms with Crippen LogP contribution in [0.3, 0.4) is 0 Å². The van der Waals surface area contributed by atoms with E-state index in [2.05, 4.69) is 11.4 Å². The summed E-state index contributed by atoms with van der Waals surface area (Å²) in [5.41, 5.74) is -0.437. The lowest BCUT2D eigenvalue weighted by Gasteiger charge is -2.23. The van der Waals surface area contributed by atoms with Gasteiger partial charge in [-0.05, 0) is 63.0 Å². The molecule has 114 valence electrons. The maximum atomic E-state index is 13.1. The van der Waals surface area contributed by atoms with Crippen LogP contribution in [0.5, 0.6) is 0 Å². The molecule has 0 saturated heterocycles. The van der Waals surface area contributed by atoms with E-state index in [1.807, 2.05) is 6.92 Å². The van der Waals surface area contributed by atoms with Gasteiger partial charge in [0.25, 0.3) is 0 Å². The van der Waals surface area contributed by atoms with Crippen molar-refractivity contribution in [3.05, 3.63) is 29.8 Å². The number of nitrogens with zero attached hydrogens (tertiary/aromatic N) is 1. The minimum atomic E-state index is -0.810. The Bertz CT molecular complexity index is 525. The van der Waals surface area contributed by atoms with E-state index in [4.69, 9.17) is 0 Å². The zero-order chi connectivity index (χ0) is 15.3. The Labute approximate surface area is 128 Å². The number of nitriles is 1. The highest BCUT2D eigenvalue weighted by Gasteiger charge is 2.31. The molecule has 1 unspecified atom stereocenters. The van der Waals surface area contributed by atoms with Crippen LogP contribution in [0.1, 0.15) is 39.0 Å². The zero-order valence-corrected chi connectivity index (χ0v) is 13.0. The van der Waals surface area contributed by atoms with Crippen molar-refractivity contribution < 1.29 is 8.78 Å². The number of halogens is 2. The summed E-state index contributed by atoms with van der Waals surface area (Å²) in [5, 5.41) is 12.6. The molecule has 1 N–H and O–H groups in total. The number of nitrogens with one attached hydrogen (secondary N) is 1. The highest BCUT2D eigenvalue weighted by Crippen LogP contribution is 2.26. The maximum absolute atomic E-state index is 13.1. The first kappa shape index (κ1) is 16.3. The SMILES string of the molecule is CC(C#N)(CCCCSc1ccc(F)c(F)c1)NC1CC1. The molecule has 2 nitrogen and oxygen atoms in total. The van der Waals surface area contributed by atoms with Gasteiger partial charge in [-0.25, -0.2) is 8.78 Å². The minimum Gasteiger partial charge on any atom is -0.297 e. The molecule has 1 aliphatic carbocycles. The Morgan fingerprint density at radius 1 is 1.33 bits per heavy atom. The van der Waals surface area contributed by atoms with Crippen LogP contribution in [-0.2, 0) is 0 Å². The molecule has 0 heterocycles. The third-order valence-corrected chi connectivity index (χ3v) is 4.66. The van der Waals surface area contributed by atoms with Gasteiger partial charge in [0.1, 0.15) is 5.54 Å². The van der Waals surface area contributed by atoms with E-state index in [-0.39, 0.29) is 0 Å². The molecule has 1 aliphatic rings. The molecule has 2 rings (SSSR count). The molecule has 0 radical (unpaired) electrons. The van der Waals surface area contributed by atoms with E-state index in [9.17, 15) is 14.0 Å². The fourth-order valence-electron chi connectivity index (χ4n) is 2.18. The van der Waals surface area contributed by atoms with Crippen LogP contribution in [0.4, 0.5) is 8.78 Å². The number of unbranched alkanes of at least 4 members (excludes halogenated alkanes) is 1. The topological polar surface area (TPSA) is 35.8 Å². The Morgan fingerprint density at radius 3 is 2.71 bits per heavy atom. The molecule has 1 fully saturated rings. The fourth-order valence-corrected chi connectivity index (χ4v) is 3.11. The molecule has 0 spiro atoms. The molecule has 0 aromatic heterocycles. The van der Waals surface area contributed by atoms with E-state index in [0.717, 1.165) is 36.0 Å². The number of thioether (sulfide) groups is 1. The van der Waals surface area contributed by atoms with Crippen LogP contribution >= 0.6 is 11.8 Å². The highest BCUT2D eigenvalue weighted by molar-refractivity contribution is 7.99. The number of hydrogen-bond donors (Lipinski definition) is 1. The van der Waals surface area contributed by atoms with Crippen molar-refractivity contribution in [1.29, 1.82) is 5.26 Å². The predicted octanol–water partition coefficient (Wildman–Crippen LogP) is 4.26. The summed E-state index contributed by atoms with van der Waals surface area (Å²) in [5.74, 6) is -0.767. The smallest absolute Gasteiger partial charge is 0.159 e.